The van der Waals surface area contributed by atoms with Crippen molar-refractivity contribution in [2.75, 3.05) is 19.8 Å². The Labute approximate surface area is 161 Å². The summed E-state index contributed by atoms with van der Waals surface area (Å²) in [6.45, 7) is 2.60. The van der Waals surface area contributed by atoms with Crippen LogP contribution >= 0.6 is 0 Å². The third-order valence-electron chi connectivity index (χ3n) is 3.49. The molecule has 2 aromatic rings. The molecular weight excluding hydrogens is 369 g/mol. The van der Waals surface area contributed by atoms with Crippen molar-refractivity contribution in [3.8, 4) is 17.2 Å². The highest BCUT2D eigenvalue weighted by Crippen LogP contribution is 2.24. The fourth-order valence-corrected chi connectivity index (χ4v) is 2.16. The van der Waals surface area contributed by atoms with Gasteiger partial charge in [-0.25, -0.2) is 14.1 Å². The molecule has 148 valence electrons. The maximum absolute atomic E-state index is 12.9. The van der Waals surface area contributed by atoms with Crippen molar-refractivity contribution in [2.45, 2.75) is 13.8 Å². The van der Waals surface area contributed by atoms with E-state index in [0.717, 1.165) is 6.92 Å². The Balaban J connectivity index is 1.90. The first-order chi connectivity index (χ1) is 13.4. The third kappa shape index (κ3) is 6.08. The topological polar surface area (TPSA) is 82.1 Å². The average molecular weight is 389 g/mol. The molecule has 0 N–H and O–H groups in total. The molecule has 0 radical (unpaired) electrons. The van der Waals surface area contributed by atoms with Gasteiger partial charge in [0.1, 0.15) is 29.7 Å². The molecule has 0 fully saturated rings. The molecular formula is C20H20FNO6. The van der Waals surface area contributed by atoms with Gasteiger partial charge in [0, 0.05) is 6.92 Å². The van der Waals surface area contributed by atoms with Gasteiger partial charge in [-0.2, -0.15) is 0 Å². The maximum atomic E-state index is 12.9. The summed E-state index contributed by atoms with van der Waals surface area (Å²) < 4.78 is 28.7. The number of ketones is 1. The zero-order chi connectivity index (χ0) is 20.5. The van der Waals surface area contributed by atoms with E-state index in [9.17, 15) is 18.8 Å². The molecule has 0 heterocycles. The minimum Gasteiger partial charge on any atom is -0.492 e. The molecule has 2 aromatic carbocycles. The Bertz CT molecular complexity index is 820. The normalized spacial score (nSPS) is 10.1. The molecule has 0 bridgehead atoms. The molecule has 0 spiro atoms. The van der Waals surface area contributed by atoms with Crippen LogP contribution in [0.15, 0.2) is 48.5 Å². The molecule has 28 heavy (non-hydrogen) atoms. The predicted molar refractivity (Wildman–Crippen MR) is 97.8 cm³/mol. The van der Waals surface area contributed by atoms with Crippen LogP contribution in [0.1, 0.15) is 13.8 Å². The second kappa shape index (κ2) is 10.1. The summed E-state index contributed by atoms with van der Waals surface area (Å²) >= 11 is 0. The van der Waals surface area contributed by atoms with E-state index in [0.29, 0.717) is 22.1 Å². The molecule has 8 heteroatoms. The number of nitrogens with zero attached hydrogens (tertiary/aromatic N) is 1. The molecule has 0 atom stereocenters. The zero-order valence-corrected chi connectivity index (χ0v) is 15.5. The third-order valence-corrected chi connectivity index (χ3v) is 3.49. The lowest BCUT2D eigenvalue weighted by atomic mass is 10.3. The molecule has 2 rings (SSSR count). The van der Waals surface area contributed by atoms with E-state index < -0.39 is 17.8 Å². The smallest absolute Gasteiger partial charge is 0.416 e. The molecule has 7 nitrogen and oxygen atoms in total. The number of amides is 2. The summed E-state index contributed by atoms with van der Waals surface area (Å²) in [5, 5.41) is 0. The lowest BCUT2D eigenvalue weighted by molar-refractivity contribution is -0.142. The molecule has 0 aliphatic heterocycles. The number of Topliss-reactive ketones (excluding diaryl/α,β-unsaturated/α-hetero) is 1. The van der Waals surface area contributed by atoms with Gasteiger partial charge in [0.2, 0.25) is 5.78 Å². The number of imide groups is 1. The fourth-order valence-electron chi connectivity index (χ4n) is 2.16. The van der Waals surface area contributed by atoms with Gasteiger partial charge in [-0.1, -0.05) is 0 Å². The summed E-state index contributed by atoms with van der Waals surface area (Å²) in [5.74, 6) is -0.580. The summed E-state index contributed by atoms with van der Waals surface area (Å²) in [6.07, 6.45) is -0.894. The Hall–Kier alpha value is -3.42. The van der Waals surface area contributed by atoms with Crippen LogP contribution in [-0.4, -0.2) is 42.4 Å². The second-order valence-electron chi connectivity index (χ2n) is 5.59. The Morgan fingerprint density at radius 2 is 1.46 bits per heavy atom. The number of hydrogen-bond donors (Lipinski definition) is 0. The summed E-state index contributed by atoms with van der Waals surface area (Å²) in [7, 11) is 0. The number of halogens is 1. The first kappa shape index (κ1) is 20.9. The summed E-state index contributed by atoms with van der Waals surface area (Å²) in [6, 6.07) is 12.2. The molecule has 0 unspecified atom stereocenters. The molecule has 0 saturated heterocycles. The molecule has 0 aliphatic carbocycles. The van der Waals surface area contributed by atoms with Gasteiger partial charge in [0.25, 0.3) is 5.91 Å². The Kier molecular flexibility index (Phi) is 7.50. The van der Waals surface area contributed by atoms with Gasteiger partial charge in [0.05, 0.1) is 13.2 Å². The van der Waals surface area contributed by atoms with Gasteiger partial charge < -0.3 is 14.2 Å². The Morgan fingerprint density at radius 3 is 2.00 bits per heavy atom. The first-order valence-electron chi connectivity index (χ1n) is 8.56. The maximum Gasteiger partial charge on any atom is 0.416 e. The monoisotopic (exact) mass is 389 g/mol. The average Bonchev–Trinajstić information content (AvgIpc) is 2.68. The van der Waals surface area contributed by atoms with Crippen molar-refractivity contribution in [3.63, 3.8) is 0 Å². The van der Waals surface area contributed by atoms with Crippen molar-refractivity contribution in [2.24, 2.45) is 0 Å². The van der Waals surface area contributed by atoms with Crippen molar-refractivity contribution >= 4 is 17.8 Å². The van der Waals surface area contributed by atoms with Crippen LogP contribution in [0.3, 0.4) is 0 Å². The van der Waals surface area contributed by atoms with Crippen LogP contribution in [-0.2, 0) is 14.3 Å². The highest BCUT2D eigenvalue weighted by Gasteiger charge is 2.25. The largest absolute Gasteiger partial charge is 0.492 e. The van der Waals surface area contributed by atoms with E-state index in [2.05, 4.69) is 0 Å². The van der Waals surface area contributed by atoms with Crippen LogP contribution in [0.5, 0.6) is 17.2 Å². The number of rotatable bonds is 8. The minimum absolute atomic E-state index is 0.0179. The minimum atomic E-state index is -0.954. The highest BCUT2D eigenvalue weighted by atomic mass is 19.1. The van der Waals surface area contributed by atoms with Crippen LogP contribution in [0.2, 0.25) is 0 Å². The predicted octanol–water partition coefficient (Wildman–Crippen LogP) is 3.57. The SMILES string of the molecule is CCOC(=O)N(CCOc1ccc(Oc2ccc(F)cc2)cc1)C(=O)C(C)=O. The van der Waals surface area contributed by atoms with Gasteiger partial charge in [-0.05, 0) is 55.5 Å². The van der Waals surface area contributed by atoms with Crippen molar-refractivity contribution in [1.82, 2.24) is 4.90 Å². The second-order valence-corrected chi connectivity index (χ2v) is 5.59. The fraction of sp³-hybridized carbons (Fsp3) is 0.250. The van der Waals surface area contributed by atoms with Crippen LogP contribution in [0, 0.1) is 5.82 Å². The lowest BCUT2D eigenvalue weighted by Crippen LogP contribution is -2.43. The lowest BCUT2D eigenvalue weighted by Gasteiger charge is -2.19. The van der Waals surface area contributed by atoms with E-state index >= 15 is 0 Å². The molecule has 0 aliphatic rings. The van der Waals surface area contributed by atoms with Crippen LogP contribution < -0.4 is 9.47 Å². The van der Waals surface area contributed by atoms with Crippen molar-refractivity contribution < 1.29 is 33.0 Å². The summed E-state index contributed by atoms with van der Waals surface area (Å²) in [4.78, 5) is 35.6. The quantitative estimate of drug-likeness (QED) is 0.642. The number of carbonyl (C=O) groups excluding carboxylic acids is 3. The number of carbonyl (C=O) groups is 3. The first-order valence-corrected chi connectivity index (χ1v) is 8.56. The molecule has 2 amide bonds. The standard InChI is InChI=1S/C20H20FNO6/c1-3-26-20(25)22(19(24)14(2)23)12-13-27-16-8-10-18(11-9-16)28-17-6-4-15(21)5-7-17/h4-11H,3,12-13H2,1-2H3. The zero-order valence-electron chi connectivity index (χ0n) is 15.5. The Morgan fingerprint density at radius 1 is 0.929 bits per heavy atom. The van der Waals surface area contributed by atoms with E-state index in [-0.39, 0.29) is 25.6 Å². The van der Waals surface area contributed by atoms with Gasteiger partial charge in [-0.3, -0.25) is 9.59 Å². The van der Waals surface area contributed by atoms with Crippen molar-refractivity contribution in [1.29, 1.82) is 0 Å². The van der Waals surface area contributed by atoms with E-state index in [1.165, 1.54) is 24.3 Å². The van der Waals surface area contributed by atoms with Crippen LogP contribution in [0.25, 0.3) is 0 Å². The van der Waals surface area contributed by atoms with Gasteiger partial charge in [-0.15, -0.1) is 0 Å². The van der Waals surface area contributed by atoms with Gasteiger partial charge in [0.15, 0.2) is 0 Å². The van der Waals surface area contributed by atoms with E-state index in [4.69, 9.17) is 14.2 Å². The highest BCUT2D eigenvalue weighted by molar-refractivity contribution is 6.37. The summed E-state index contributed by atoms with van der Waals surface area (Å²) in [5.41, 5.74) is 0. The number of benzene rings is 2. The molecule has 0 aromatic heterocycles. The van der Waals surface area contributed by atoms with Crippen molar-refractivity contribution in [3.05, 3.63) is 54.3 Å². The van der Waals surface area contributed by atoms with Crippen LogP contribution in [0.4, 0.5) is 9.18 Å². The molecule has 0 saturated carbocycles. The van der Waals surface area contributed by atoms with E-state index in [1.807, 2.05) is 0 Å². The number of ether oxygens (including phenoxy) is 3. The van der Waals surface area contributed by atoms with Gasteiger partial charge >= 0.3 is 6.09 Å². The number of hydrogen-bond acceptors (Lipinski definition) is 6. The van der Waals surface area contributed by atoms with E-state index in [1.54, 1.807) is 31.2 Å².